The summed E-state index contributed by atoms with van der Waals surface area (Å²) in [7, 11) is -3.75. The van der Waals surface area contributed by atoms with E-state index < -0.39 is 10.0 Å². The molecule has 0 aliphatic rings. The normalized spacial score (nSPS) is 11.1. The van der Waals surface area contributed by atoms with E-state index in [4.69, 9.17) is 4.74 Å². The number of rotatable bonds is 11. The fourth-order valence-corrected chi connectivity index (χ4v) is 4.69. The number of para-hydroxylation sites is 1. The Morgan fingerprint density at radius 2 is 1.53 bits per heavy atom. The van der Waals surface area contributed by atoms with Crippen LogP contribution in [-0.2, 0) is 10.0 Å². The molecule has 0 heterocycles. The average Bonchev–Trinajstić information content (AvgIpc) is 2.78. The smallest absolute Gasteiger partial charge is 0.261 e. The van der Waals surface area contributed by atoms with Gasteiger partial charge in [0, 0.05) is 11.4 Å². The van der Waals surface area contributed by atoms with E-state index in [2.05, 4.69) is 17.0 Å². The highest BCUT2D eigenvalue weighted by atomic mass is 32.2. The van der Waals surface area contributed by atoms with E-state index in [-0.39, 0.29) is 10.8 Å². The first kappa shape index (κ1) is 25.3. The largest absolute Gasteiger partial charge is 0.493 e. The molecule has 0 aliphatic heterocycles. The minimum absolute atomic E-state index is 0.112. The lowest BCUT2D eigenvalue weighted by Crippen LogP contribution is -2.15. The number of amides is 1. The van der Waals surface area contributed by atoms with Crippen LogP contribution in [0, 0.1) is 13.8 Å². The third kappa shape index (κ3) is 7.09. The number of hydrogen-bond acceptors (Lipinski definition) is 4. The van der Waals surface area contributed by atoms with Crippen LogP contribution in [0.2, 0.25) is 0 Å². The maximum Gasteiger partial charge on any atom is 0.261 e. The molecule has 0 aromatic heterocycles. The third-order valence-electron chi connectivity index (χ3n) is 5.28. The summed E-state index contributed by atoms with van der Waals surface area (Å²) in [6.45, 7) is 6.55. The number of ether oxygens (including phenoxy) is 1. The Hall–Kier alpha value is -3.32. The Bertz CT molecular complexity index is 1200. The van der Waals surface area contributed by atoms with Crippen molar-refractivity contribution in [2.45, 2.75) is 51.3 Å². The molecule has 3 aromatic carbocycles. The van der Waals surface area contributed by atoms with Crippen LogP contribution in [0.15, 0.2) is 71.6 Å². The van der Waals surface area contributed by atoms with Gasteiger partial charge in [0.2, 0.25) is 0 Å². The predicted octanol–water partition coefficient (Wildman–Crippen LogP) is 6.32. The first-order valence-electron chi connectivity index (χ1n) is 11.5. The molecule has 0 unspecified atom stereocenters. The number of carbonyl (C=O) groups excluding carboxylic acids is 1. The van der Waals surface area contributed by atoms with Gasteiger partial charge in [-0.15, -0.1) is 0 Å². The van der Waals surface area contributed by atoms with Crippen molar-refractivity contribution < 1.29 is 17.9 Å². The van der Waals surface area contributed by atoms with Gasteiger partial charge in [0.15, 0.2) is 0 Å². The van der Waals surface area contributed by atoms with Crippen molar-refractivity contribution in [1.29, 1.82) is 0 Å². The standard InChI is InChI=1S/C27H32N2O4S/c1-4-5-6-9-16-33-26-11-8-7-10-25(26)27(30)28-22-12-14-24(15-13-22)34(31,32)29-23-18-20(2)17-21(3)19-23/h7-8,10-15,17-19,29H,4-6,9,16H2,1-3H3,(H,28,30). The molecule has 0 radical (unpaired) electrons. The lowest BCUT2D eigenvalue weighted by Gasteiger charge is -2.13. The van der Waals surface area contributed by atoms with Crippen molar-refractivity contribution in [2.75, 3.05) is 16.6 Å². The molecule has 0 fully saturated rings. The minimum Gasteiger partial charge on any atom is -0.493 e. The van der Waals surface area contributed by atoms with Crippen LogP contribution in [0.5, 0.6) is 5.75 Å². The molecule has 0 atom stereocenters. The zero-order valence-corrected chi connectivity index (χ0v) is 20.7. The summed E-state index contributed by atoms with van der Waals surface area (Å²) in [6, 6.07) is 18.7. The van der Waals surface area contributed by atoms with Gasteiger partial charge in [-0.2, -0.15) is 0 Å². The van der Waals surface area contributed by atoms with E-state index >= 15 is 0 Å². The predicted molar refractivity (Wildman–Crippen MR) is 137 cm³/mol. The fourth-order valence-electron chi connectivity index (χ4n) is 3.65. The van der Waals surface area contributed by atoms with Gasteiger partial charge in [-0.1, -0.05) is 44.4 Å². The van der Waals surface area contributed by atoms with Gasteiger partial charge in [0.1, 0.15) is 5.75 Å². The van der Waals surface area contributed by atoms with Crippen molar-refractivity contribution in [2.24, 2.45) is 0 Å². The van der Waals surface area contributed by atoms with Crippen LogP contribution in [0.3, 0.4) is 0 Å². The summed E-state index contributed by atoms with van der Waals surface area (Å²) in [5.74, 6) is 0.224. The van der Waals surface area contributed by atoms with Crippen molar-refractivity contribution >= 4 is 27.3 Å². The first-order valence-corrected chi connectivity index (χ1v) is 13.0. The van der Waals surface area contributed by atoms with Crippen LogP contribution in [0.1, 0.15) is 54.1 Å². The van der Waals surface area contributed by atoms with Gasteiger partial charge < -0.3 is 10.1 Å². The SMILES string of the molecule is CCCCCCOc1ccccc1C(=O)Nc1ccc(S(=O)(=O)Nc2cc(C)cc(C)c2)cc1. The summed E-state index contributed by atoms with van der Waals surface area (Å²) in [5, 5.41) is 2.82. The number of aryl methyl sites for hydroxylation is 2. The maximum absolute atomic E-state index is 12.8. The second-order valence-corrected chi connectivity index (χ2v) is 10.0. The molecule has 180 valence electrons. The molecular weight excluding hydrogens is 448 g/mol. The average molecular weight is 481 g/mol. The molecule has 0 saturated heterocycles. The Balaban J connectivity index is 1.66. The van der Waals surface area contributed by atoms with Crippen molar-refractivity contribution in [3.8, 4) is 5.75 Å². The highest BCUT2D eigenvalue weighted by molar-refractivity contribution is 7.92. The molecular formula is C27H32N2O4S. The summed E-state index contributed by atoms with van der Waals surface area (Å²) in [5.41, 5.74) is 3.39. The van der Waals surface area contributed by atoms with Gasteiger partial charge in [0.05, 0.1) is 17.1 Å². The van der Waals surface area contributed by atoms with E-state index in [0.29, 0.717) is 29.3 Å². The molecule has 0 spiro atoms. The molecule has 1 amide bonds. The number of carbonyl (C=O) groups is 1. The Morgan fingerprint density at radius 3 is 2.21 bits per heavy atom. The second-order valence-electron chi connectivity index (χ2n) is 8.37. The molecule has 0 bridgehead atoms. The lowest BCUT2D eigenvalue weighted by molar-refractivity contribution is 0.102. The molecule has 0 saturated carbocycles. The van der Waals surface area contributed by atoms with Gasteiger partial charge in [0.25, 0.3) is 15.9 Å². The van der Waals surface area contributed by atoms with Gasteiger partial charge >= 0.3 is 0 Å². The molecule has 34 heavy (non-hydrogen) atoms. The number of sulfonamides is 1. The van der Waals surface area contributed by atoms with Gasteiger partial charge in [-0.25, -0.2) is 8.42 Å². The summed E-state index contributed by atoms with van der Waals surface area (Å²) in [4.78, 5) is 12.9. The topological polar surface area (TPSA) is 84.5 Å². The van der Waals surface area contributed by atoms with Crippen LogP contribution < -0.4 is 14.8 Å². The number of hydrogen-bond donors (Lipinski definition) is 2. The Morgan fingerprint density at radius 1 is 0.853 bits per heavy atom. The first-order chi connectivity index (χ1) is 16.3. The molecule has 3 aromatic rings. The highest BCUT2D eigenvalue weighted by Crippen LogP contribution is 2.23. The Kier molecular flexibility index (Phi) is 8.71. The summed E-state index contributed by atoms with van der Waals surface area (Å²) in [6.07, 6.45) is 4.35. The van der Waals surface area contributed by atoms with Gasteiger partial charge in [-0.05, 0) is 79.9 Å². The zero-order chi connectivity index (χ0) is 24.6. The van der Waals surface area contributed by atoms with E-state index in [1.54, 1.807) is 42.5 Å². The molecule has 3 rings (SSSR count). The fraction of sp³-hybridized carbons (Fsp3) is 0.296. The summed E-state index contributed by atoms with van der Waals surface area (Å²) >= 11 is 0. The van der Waals surface area contributed by atoms with Gasteiger partial charge in [-0.3, -0.25) is 9.52 Å². The number of unbranched alkanes of at least 4 members (excludes halogenated alkanes) is 3. The molecule has 7 heteroatoms. The van der Waals surface area contributed by atoms with Crippen LogP contribution in [-0.4, -0.2) is 20.9 Å². The minimum atomic E-state index is -3.75. The lowest BCUT2D eigenvalue weighted by atomic mass is 10.1. The van der Waals surface area contributed by atoms with Crippen LogP contribution in [0.4, 0.5) is 11.4 Å². The second kappa shape index (κ2) is 11.7. The van der Waals surface area contributed by atoms with Crippen LogP contribution >= 0.6 is 0 Å². The summed E-state index contributed by atoms with van der Waals surface area (Å²) < 4.78 is 34.0. The monoisotopic (exact) mass is 480 g/mol. The quantitative estimate of drug-likeness (QED) is 0.315. The van der Waals surface area contributed by atoms with Crippen molar-refractivity contribution in [1.82, 2.24) is 0 Å². The van der Waals surface area contributed by atoms with E-state index in [1.807, 2.05) is 26.0 Å². The van der Waals surface area contributed by atoms with Crippen LogP contribution in [0.25, 0.3) is 0 Å². The third-order valence-corrected chi connectivity index (χ3v) is 6.68. The molecule has 6 nitrogen and oxygen atoms in total. The highest BCUT2D eigenvalue weighted by Gasteiger charge is 2.16. The van der Waals surface area contributed by atoms with E-state index in [1.165, 1.54) is 12.1 Å². The zero-order valence-electron chi connectivity index (χ0n) is 19.9. The van der Waals surface area contributed by atoms with Crippen molar-refractivity contribution in [3.63, 3.8) is 0 Å². The number of nitrogens with one attached hydrogen (secondary N) is 2. The maximum atomic E-state index is 12.8. The molecule has 0 aliphatic carbocycles. The number of anilines is 2. The van der Waals surface area contributed by atoms with E-state index in [0.717, 1.165) is 36.8 Å². The van der Waals surface area contributed by atoms with Crippen molar-refractivity contribution in [3.05, 3.63) is 83.4 Å². The van der Waals surface area contributed by atoms with E-state index in [9.17, 15) is 13.2 Å². The Labute approximate surface area is 202 Å². The number of benzene rings is 3. The molecule has 2 N–H and O–H groups in total.